The van der Waals surface area contributed by atoms with Crippen LogP contribution < -0.4 is 10.1 Å². The molecule has 0 bridgehead atoms. The summed E-state index contributed by atoms with van der Waals surface area (Å²) in [6.45, 7) is 8.12. The first-order valence-electron chi connectivity index (χ1n) is 7.17. The van der Waals surface area contributed by atoms with Crippen molar-refractivity contribution < 1.29 is 9.53 Å². The smallest absolute Gasteiger partial charge is 0.317 e. The van der Waals surface area contributed by atoms with Crippen LogP contribution in [0.1, 0.15) is 25.8 Å². The molecule has 1 N–H and O–H groups in total. The normalized spacial score (nSPS) is 10.4. The Bertz CT molecular complexity index is 401. The molecule has 112 valence electrons. The second-order valence-corrected chi connectivity index (χ2v) is 5.50. The number of urea groups is 1. The fraction of sp³-hybridized carbons (Fsp3) is 0.562. The Labute approximate surface area is 122 Å². The molecule has 0 aliphatic carbocycles. The summed E-state index contributed by atoms with van der Waals surface area (Å²) in [7, 11) is 1.78. The van der Waals surface area contributed by atoms with Gasteiger partial charge in [0.05, 0.1) is 6.54 Å². The van der Waals surface area contributed by atoms with Gasteiger partial charge < -0.3 is 15.0 Å². The van der Waals surface area contributed by atoms with Gasteiger partial charge in [0, 0.05) is 13.6 Å². The van der Waals surface area contributed by atoms with Gasteiger partial charge >= 0.3 is 6.03 Å². The minimum absolute atomic E-state index is 0.0434. The van der Waals surface area contributed by atoms with Crippen LogP contribution >= 0.6 is 0 Å². The minimum Gasteiger partial charge on any atom is -0.492 e. The predicted octanol–water partition coefficient (Wildman–Crippen LogP) is 3.06. The van der Waals surface area contributed by atoms with Crippen molar-refractivity contribution in [2.45, 2.75) is 27.2 Å². The van der Waals surface area contributed by atoms with Crippen LogP contribution in [-0.2, 0) is 0 Å². The van der Waals surface area contributed by atoms with Crippen molar-refractivity contribution in [3.8, 4) is 5.75 Å². The fourth-order valence-electron chi connectivity index (χ4n) is 1.64. The third-order valence-corrected chi connectivity index (χ3v) is 3.06. The lowest BCUT2D eigenvalue weighted by molar-refractivity contribution is 0.195. The third kappa shape index (κ3) is 6.45. The predicted molar refractivity (Wildman–Crippen MR) is 82.2 cm³/mol. The highest BCUT2D eigenvalue weighted by Crippen LogP contribution is 2.11. The molecule has 1 rings (SSSR count). The maximum atomic E-state index is 11.8. The Kier molecular flexibility index (Phi) is 6.91. The molecule has 20 heavy (non-hydrogen) atoms. The van der Waals surface area contributed by atoms with Crippen molar-refractivity contribution in [1.29, 1.82) is 0 Å². The van der Waals surface area contributed by atoms with Crippen molar-refractivity contribution in [3.05, 3.63) is 29.8 Å². The van der Waals surface area contributed by atoms with E-state index in [0.717, 1.165) is 18.7 Å². The van der Waals surface area contributed by atoms with E-state index in [1.807, 2.05) is 31.2 Å². The lowest BCUT2D eigenvalue weighted by Crippen LogP contribution is -2.40. The second-order valence-electron chi connectivity index (χ2n) is 5.50. The van der Waals surface area contributed by atoms with E-state index in [2.05, 4.69) is 19.2 Å². The summed E-state index contributed by atoms with van der Waals surface area (Å²) in [5, 5.41) is 2.90. The van der Waals surface area contributed by atoms with Crippen LogP contribution in [0.5, 0.6) is 5.75 Å². The highest BCUT2D eigenvalue weighted by molar-refractivity contribution is 5.73. The molecule has 2 amide bonds. The lowest BCUT2D eigenvalue weighted by atomic mass is 10.1. The number of nitrogens with zero attached hydrogens (tertiary/aromatic N) is 1. The van der Waals surface area contributed by atoms with E-state index in [-0.39, 0.29) is 6.03 Å². The molecule has 1 aromatic carbocycles. The van der Waals surface area contributed by atoms with Gasteiger partial charge in [0.2, 0.25) is 0 Å². The van der Waals surface area contributed by atoms with Crippen molar-refractivity contribution in [3.63, 3.8) is 0 Å². The Morgan fingerprint density at radius 1 is 1.30 bits per heavy atom. The van der Waals surface area contributed by atoms with Crippen molar-refractivity contribution >= 4 is 6.03 Å². The maximum absolute atomic E-state index is 11.8. The van der Waals surface area contributed by atoms with E-state index in [1.54, 1.807) is 11.9 Å². The number of hydrogen-bond acceptors (Lipinski definition) is 2. The molecule has 0 radical (unpaired) electrons. The summed E-state index contributed by atoms with van der Waals surface area (Å²) >= 11 is 0. The SMILES string of the molecule is Cc1ccc(OCCN(C)C(=O)NCCC(C)C)cc1. The highest BCUT2D eigenvalue weighted by Gasteiger charge is 2.07. The molecular formula is C16H26N2O2. The Balaban J connectivity index is 2.20. The van der Waals surface area contributed by atoms with Gasteiger partial charge in [-0.2, -0.15) is 0 Å². The molecule has 0 fully saturated rings. The van der Waals surface area contributed by atoms with Gasteiger partial charge in [0.25, 0.3) is 0 Å². The van der Waals surface area contributed by atoms with Crippen molar-refractivity contribution in [2.75, 3.05) is 26.7 Å². The second kappa shape index (κ2) is 8.46. The van der Waals surface area contributed by atoms with Gasteiger partial charge in [0.1, 0.15) is 12.4 Å². The van der Waals surface area contributed by atoms with Crippen LogP contribution in [0, 0.1) is 12.8 Å². The first-order valence-corrected chi connectivity index (χ1v) is 7.17. The molecular weight excluding hydrogens is 252 g/mol. The van der Waals surface area contributed by atoms with Crippen LogP contribution in [0.4, 0.5) is 4.79 Å². The largest absolute Gasteiger partial charge is 0.492 e. The van der Waals surface area contributed by atoms with E-state index >= 15 is 0 Å². The van der Waals surface area contributed by atoms with Gasteiger partial charge in [-0.05, 0) is 31.4 Å². The average molecular weight is 278 g/mol. The summed E-state index contributed by atoms with van der Waals surface area (Å²) in [4.78, 5) is 13.4. The standard InChI is InChI=1S/C16H26N2O2/c1-13(2)9-10-17-16(19)18(4)11-12-20-15-7-5-14(3)6-8-15/h5-8,13H,9-12H2,1-4H3,(H,17,19). The number of aryl methyl sites for hydroxylation is 1. The third-order valence-electron chi connectivity index (χ3n) is 3.06. The molecule has 0 unspecified atom stereocenters. The summed E-state index contributed by atoms with van der Waals surface area (Å²) in [5.41, 5.74) is 1.21. The molecule has 4 nitrogen and oxygen atoms in total. The van der Waals surface area contributed by atoms with E-state index in [1.165, 1.54) is 5.56 Å². The number of carbonyl (C=O) groups is 1. The molecule has 1 aromatic rings. The van der Waals surface area contributed by atoms with Crippen molar-refractivity contribution in [2.24, 2.45) is 5.92 Å². The first-order chi connectivity index (χ1) is 9.49. The monoisotopic (exact) mass is 278 g/mol. The topological polar surface area (TPSA) is 41.6 Å². The van der Waals surface area contributed by atoms with Gasteiger partial charge in [-0.1, -0.05) is 31.5 Å². The van der Waals surface area contributed by atoms with E-state index in [0.29, 0.717) is 19.1 Å². The summed E-state index contributed by atoms with van der Waals surface area (Å²) in [5.74, 6) is 1.44. The molecule has 0 spiro atoms. The molecule has 0 atom stereocenters. The van der Waals surface area contributed by atoms with Crippen molar-refractivity contribution in [1.82, 2.24) is 10.2 Å². The Morgan fingerprint density at radius 3 is 2.55 bits per heavy atom. The highest BCUT2D eigenvalue weighted by atomic mass is 16.5. The van der Waals surface area contributed by atoms with Gasteiger partial charge in [-0.15, -0.1) is 0 Å². The van der Waals surface area contributed by atoms with E-state index in [4.69, 9.17) is 4.74 Å². The quantitative estimate of drug-likeness (QED) is 0.833. The molecule has 0 saturated heterocycles. The maximum Gasteiger partial charge on any atom is 0.317 e. The average Bonchev–Trinajstić information content (AvgIpc) is 2.40. The van der Waals surface area contributed by atoms with Crippen LogP contribution in [0.2, 0.25) is 0 Å². The zero-order valence-electron chi connectivity index (χ0n) is 13.0. The summed E-state index contributed by atoms with van der Waals surface area (Å²) in [6, 6.07) is 7.86. The van der Waals surface area contributed by atoms with Crippen LogP contribution in [0.3, 0.4) is 0 Å². The number of nitrogens with one attached hydrogen (secondary N) is 1. The minimum atomic E-state index is -0.0434. The van der Waals surface area contributed by atoms with E-state index in [9.17, 15) is 4.79 Å². The van der Waals surface area contributed by atoms with Gasteiger partial charge in [-0.25, -0.2) is 4.79 Å². The lowest BCUT2D eigenvalue weighted by Gasteiger charge is -2.18. The molecule has 4 heteroatoms. The summed E-state index contributed by atoms with van der Waals surface area (Å²) in [6.07, 6.45) is 0.999. The van der Waals surface area contributed by atoms with Crippen LogP contribution in [0.15, 0.2) is 24.3 Å². The number of amides is 2. The van der Waals surface area contributed by atoms with Gasteiger partial charge in [-0.3, -0.25) is 0 Å². The van der Waals surface area contributed by atoms with Crippen LogP contribution in [-0.4, -0.2) is 37.7 Å². The summed E-state index contributed by atoms with van der Waals surface area (Å²) < 4.78 is 5.60. The first kappa shape index (κ1) is 16.3. The molecule has 0 heterocycles. The molecule has 0 aromatic heterocycles. The zero-order chi connectivity index (χ0) is 15.0. The van der Waals surface area contributed by atoms with Crippen LogP contribution in [0.25, 0.3) is 0 Å². The number of rotatable bonds is 7. The number of ether oxygens (including phenoxy) is 1. The number of carbonyl (C=O) groups excluding carboxylic acids is 1. The fourth-order valence-corrected chi connectivity index (χ4v) is 1.64. The number of benzene rings is 1. The van der Waals surface area contributed by atoms with Gasteiger partial charge in [0.15, 0.2) is 0 Å². The Morgan fingerprint density at radius 2 is 1.95 bits per heavy atom. The molecule has 0 saturated carbocycles. The molecule has 0 aliphatic heterocycles. The molecule has 0 aliphatic rings. The number of likely N-dealkylation sites (N-methyl/N-ethyl adjacent to an activating group) is 1. The van der Waals surface area contributed by atoms with E-state index < -0.39 is 0 Å². The Hall–Kier alpha value is -1.71. The number of hydrogen-bond donors (Lipinski definition) is 1. The zero-order valence-corrected chi connectivity index (χ0v) is 13.0.